The molecular weight excluding hydrogens is 333 g/mol. The zero-order chi connectivity index (χ0) is 18.7. The predicted octanol–water partition coefficient (Wildman–Crippen LogP) is 1.38. The van der Waals surface area contributed by atoms with Gasteiger partial charge in [0.2, 0.25) is 5.95 Å². The second-order valence-electron chi connectivity index (χ2n) is 5.42. The van der Waals surface area contributed by atoms with E-state index in [2.05, 4.69) is 20.7 Å². The van der Waals surface area contributed by atoms with Gasteiger partial charge in [0.1, 0.15) is 0 Å². The molecule has 2 aromatic rings. The maximum absolute atomic E-state index is 13.8. The number of hydrogen-bond acceptors (Lipinski definition) is 6. The Hall–Kier alpha value is -3.11. The topological polar surface area (TPSA) is 120 Å². The average Bonchev–Trinajstić information content (AvgIpc) is 3.03. The Morgan fingerprint density at radius 1 is 1.52 bits per heavy atom. The third kappa shape index (κ3) is 3.70. The molecule has 1 atom stereocenters. The van der Waals surface area contributed by atoms with Gasteiger partial charge in [0.15, 0.2) is 6.04 Å². The SMILES string of the molecule is CCC(C(=O)N/N=C/c1c(C)nn(C)c1F)n1nc([N+](=O)[O-])cc1C. The lowest BCUT2D eigenvalue weighted by Gasteiger charge is -2.11. The molecule has 0 aliphatic rings. The first kappa shape index (κ1) is 18.2. The summed E-state index contributed by atoms with van der Waals surface area (Å²) in [4.78, 5) is 22.5. The fourth-order valence-electron chi connectivity index (χ4n) is 2.37. The highest BCUT2D eigenvalue weighted by molar-refractivity contribution is 5.84. The Morgan fingerprint density at radius 2 is 2.20 bits per heavy atom. The van der Waals surface area contributed by atoms with Crippen molar-refractivity contribution >= 4 is 17.9 Å². The van der Waals surface area contributed by atoms with Crippen molar-refractivity contribution in [3.05, 3.63) is 39.1 Å². The molecule has 0 spiro atoms. The third-order valence-corrected chi connectivity index (χ3v) is 3.65. The normalized spacial score (nSPS) is 12.5. The van der Waals surface area contributed by atoms with Gasteiger partial charge in [-0.25, -0.2) is 10.1 Å². The highest BCUT2D eigenvalue weighted by Gasteiger charge is 2.26. The van der Waals surface area contributed by atoms with Crippen molar-refractivity contribution in [3.8, 4) is 0 Å². The van der Waals surface area contributed by atoms with Crippen LogP contribution in [0.2, 0.25) is 0 Å². The second-order valence-corrected chi connectivity index (χ2v) is 5.42. The molecule has 0 saturated heterocycles. The molecule has 10 nitrogen and oxygen atoms in total. The summed E-state index contributed by atoms with van der Waals surface area (Å²) in [6.45, 7) is 4.98. The molecule has 0 aliphatic carbocycles. The van der Waals surface area contributed by atoms with E-state index >= 15 is 0 Å². The van der Waals surface area contributed by atoms with E-state index in [1.165, 1.54) is 24.0 Å². The van der Waals surface area contributed by atoms with E-state index in [9.17, 15) is 19.3 Å². The van der Waals surface area contributed by atoms with Gasteiger partial charge >= 0.3 is 5.82 Å². The Morgan fingerprint density at radius 3 is 2.68 bits per heavy atom. The van der Waals surface area contributed by atoms with E-state index < -0.39 is 22.8 Å². The molecule has 2 heterocycles. The van der Waals surface area contributed by atoms with Crippen LogP contribution in [0.25, 0.3) is 0 Å². The molecule has 134 valence electrons. The fraction of sp³-hybridized carbons (Fsp3) is 0.429. The highest BCUT2D eigenvalue weighted by Crippen LogP contribution is 2.18. The van der Waals surface area contributed by atoms with Crippen LogP contribution in [0.1, 0.15) is 36.3 Å². The number of nitrogens with zero attached hydrogens (tertiary/aromatic N) is 6. The predicted molar refractivity (Wildman–Crippen MR) is 86.6 cm³/mol. The molecule has 0 aliphatic heterocycles. The Balaban J connectivity index is 2.15. The summed E-state index contributed by atoms with van der Waals surface area (Å²) in [7, 11) is 1.46. The van der Waals surface area contributed by atoms with E-state index in [0.29, 0.717) is 17.8 Å². The quantitative estimate of drug-likeness (QED) is 0.479. The maximum atomic E-state index is 13.8. The number of aromatic nitrogens is 4. The number of carbonyl (C=O) groups is 1. The number of carbonyl (C=O) groups excluding carboxylic acids is 1. The van der Waals surface area contributed by atoms with Gasteiger partial charge in [0, 0.05) is 7.05 Å². The van der Waals surface area contributed by atoms with Crippen LogP contribution in [0, 0.1) is 29.9 Å². The number of nitro groups is 1. The van der Waals surface area contributed by atoms with E-state index in [-0.39, 0.29) is 11.4 Å². The lowest BCUT2D eigenvalue weighted by atomic mass is 10.2. The minimum atomic E-state index is -0.773. The zero-order valence-electron chi connectivity index (χ0n) is 14.2. The maximum Gasteiger partial charge on any atom is 0.390 e. The van der Waals surface area contributed by atoms with Gasteiger partial charge in [-0.05, 0) is 25.2 Å². The smallest absolute Gasteiger partial charge is 0.358 e. The van der Waals surface area contributed by atoms with E-state index in [1.807, 2.05) is 0 Å². The van der Waals surface area contributed by atoms with Crippen LogP contribution in [-0.4, -0.2) is 36.6 Å². The number of hydrogen-bond donors (Lipinski definition) is 1. The third-order valence-electron chi connectivity index (χ3n) is 3.65. The lowest BCUT2D eigenvalue weighted by Crippen LogP contribution is -2.30. The number of rotatable bonds is 6. The molecule has 1 amide bonds. The first-order valence-electron chi connectivity index (χ1n) is 7.48. The monoisotopic (exact) mass is 351 g/mol. The largest absolute Gasteiger partial charge is 0.390 e. The molecule has 11 heteroatoms. The van der Waals surface area contributed by atoms with Crippen molar-refractivity contribution in [2.45, 2.75) is 33.2 Å². The molecule has 2 rings (SSSR count). The van der Waals surface area contributed by atoms with Crippen molar-refractivity contribution in [1.29, 1.82) is 0 Å². The summed E-state index contributed by atoms with van der Waals surface area (Å²) in [5.41, 5.74) is 3.39. The van der Waals surface area contributed by atoms with Crippen molar-refractivity contribution < 1.29 is 14.1 Å². The van der Waals surface area contributed by atoms with Gasteiger partial charge in [-0.1, -0.05) is 6.92 Å². The van der Waals surface area contributed by atoms with Crippen LogP contribution in [0.3, 0.4) is 0 Å². The first-order chi connectivity index (χ1) is 11.8. The van der Waals surface area contributed by atoms with Crippen LogP contribution in [0.4, 0.5) is 10.2 Å². The molecule has 0 aromatic carbocycles. The molecule has 0 radical (unpaired) electrons. The van der Waals surface area contributed by atoms with Crippen molar-refractivity contribution in [3.63, 3.8) is 0 Å². The lowest BCUT2D eigenvalue weighted by molar-refractivity contribution is -0.389. The molecule has 2 aromatic heterocycles. The van der Waals surface area contributed by atoms with Crippen LogP contribution in [0.15, 0.2) is 11.2 Å². The number of nitrogens with one attached hydrogen (secondary N) is 1. The molecule has 0 bridgehead atoms. The summed E-state index contributed by atoms with van der Waals surface area (Å²) < 4.78 is 16.1. The standard InChI is InChI=1S/C14H18FN7O3/c1-5-11(21-8(2)6-12(19-21)22(24)25)14(23)17-16-7-10-9(3)18-20(4)13(10)15/h6-7,11H,5H2,1-4H3,(H,17,23)/b16-7+. The summed E-state index contributed by atoms with van der Waals surface area (Å²) in [5, 5.41) is 22.3. The number of aryl methyl sites for hydroxylation is 3. The van der Waals surface area contributed by atoms with Crippen molar-refractivity contribution in [2.24, 2.45) is 12.1 Å². The van der Waals surface area contributed by atoms with Gasteiger partial charge in [0.05, 0.1) is 34.3 Å². The number of amides is 1. The Kier molecular flexibility index (Phi) is 5.25. The van der Waals surface area contributed by atoms with Gasteiger partial charge in [0.25, 0.3) is 5.91 Å². The molecule has 0 fully saturated rings. The van der Waals surface area contributed by atoms with Crippen LogP contribution in [0.5, 0.6) is 0 Å². The molecular formula is C14H18FN7O3. The van der Waals surface area contributed by atoms with Gasteiger partial charge in [-0.3, -0.25) is 4.79 Å². The molecule has 1 N–H and O–H groups in total. The minimum absolute atomic E-state index is 0.168. The molecule has 25 heavy (non-hydrogen) atoms. The van der Waals surface area contributed by atoms with E-state index in [0.717, 1.165) is 4.68 Å². The minimum Gasteiger partial charge on any atom is -0.358 e. The van der Waals surface area contributed by atoms with Crippen molar-refractivity contribution in [1.82, 2.24) is 25.0 Å². The Bertz CT molecular complexity index is 840. The summed E-state index contributed by atoms with van der Waals surface area (Å²) >= 11 is 0. The summed E-state index contributed by atoms with van der Waals surface area (Å²) in [5.74, 6) is -1.41. The van der Waals surface area contributed by atoms with E-state index in [4.69, 9.17) is 0 Å². The molecule has 1 unspecified atom stereocenters. The van der Waals surface area contributed by atoms with Gasteiger partial charge in [-0.2, -0.15) is 19.3 Å². The summed E-state index contributed by atoms with van der Waals surface area (Å²) in [6, 6.07) is 0.513. The van der Waals surface area contributed by atoms with Gasteiger partial charge in [-0.15, -0.1) is 0 Å². The summed E-state index contributed by atoms with van der Waals surface area (Å²) in [6.07, 6.45) is 1.52. The van der Waals surface area contributed by atoms with E-state index in [1.54, 1.807) is 20.8 Å². The van der Waals surface area contributed by atoms with Crippen LogP contribution in [-0.2, 0) is 11.8 Å². The fourth-order valence-corrected chi connectivity index (χ4v) is 2.37. The first-order valence-corrected chi connectivity index (χ1v) is 7.48. The average molecular weight is 351 g/mol. The van der Waals surface area contributed by atoms with Crippen molar-refractivity contribution in [2.75, 3.05) is 0 Å². The second kappa shape index (κ2) is 7.20. The zero-order valence-corrected chi connectivity index (χ0v) is 14.2. The van der Waals surface area contributed by atoms with Gasteiger partial charge < -0.3 is 10.1 Å². The molecule has 0 saturated carbocycles. The van der Waals surface area contributed by atoms with Crippen LogP contribution >= 0.6 is 0 Å². The highest BCUT2D eigenvalue weighted by atomic mass is 19.1. The van der Waals surface area contributed by atoms with Crippen LogP contribution < -0.4 is 5.43 Å². The number of halogens is 1. The Labute approximate surface area is 142 Å². The number of hydrazone groups is 1.